The molecule has 10 heteroatoms. The Kier molecular flexibility index (Phi) is 4.75. The van der Waals surface area contributed by atoms with Gasteiger partial charge < -0.3 is 16.4 Å². The molecule has 7 rings (SSSR count). The van der Waals surface area contributed by atoms with E-state index >= 15 is 0 Å². The zero-order chi connectivity index (χ0) is 25.5. The summed E-state index contributed by atoms with van der Waals surface area (Å²) in [5.41, 5.74) is 18.1. The Morgan fingerprint density at radius 2 is 1.92 bits per heavy atom. The van der Waals surface area contributed by atoms with Gasteiger partial charge in [0.05, 0.1) is 16.3 Å². The number of aromatic amines is 2. The van der Waals surface area contributed by atoms with Crippen LogP contribution in [-0.4, -0.2) is 38.2 Å². The fourth-order valence-electron chi connectivity index (χ4n) is 6.56. The summed E-state index contributed by atoms with van der Waals surface area (Å²) in [6.45, 7) is 5.89. The Bertz CT molecular complexity index is 1640. The molecule has 2 aliphatic carbocycles. The normalized spacial score (nSPS) is 21.8. The third kappa shape index (κ3) is 3.46. The summed E-state index contributed by atoms with van der Waals surface area (Å²) in [4.78, 5) is 28.9. The topological polar surface area (TPSA) is 143 Å². The smallest absolute Gasteiger partial charge is 0.264 e. The van der Waals surface area contributed by atoms with Gasteiger partial charge >= 0.3 is 0 Å². The monoisotopic (exact) mass is 514 g/mol. The zero-order valence-electron chi connectivity index (χ0n) is 21.0. The summed E-state index contributed by atoms with van der Waals surface area (Å²) in [5, 5.41) is 8.55. The number of nitrogens with zero attached hydrogens (tertiary/aromatic N) is 4. The highest BCUT2D eigenvalue weighted by atomic mass is 32.1. The third-order valence-corrected chi connectivity index (χ3v) is 9.41. The lowest BCUT2D eigenvalue weighted by atomic mass is 9.73. The van der Waals surface area contributed by atoms with E-state index in [4.69, 9.17) is 16.5 Å². The molecule has 1 fully saturated rings. The molecule has 1 aromatic carbocycles. The maximum absolute atomic E-state index is 13.4. The number of benzene rings is 1. The maximum Gasteiger partial charge on any atom is 0.264 e. The molecule has 190 valence electrons. The van der Waals surface area contributed by atoms with Gasteiger partial charge in [0.25, 0.3) is 5.56 Å². The molecule has 1 aliphatic heterocycles. The Morgan fingerprint density at radius 3 is 2.70 bits per heavy atom. The lowest BCUT2D eigenvalue weighted by Gasteiger charge is -2.42. The van der Waals surface area contributed by atoms with Crippen molar-refractivity contribution in [3.63, 3.8) is 0 Å². The Morgan fingerprint density at radius 1 is 1.14 bits per heavy atom. The second-order valence-corrected chi connectivity index (χ2v) is 12.5. The van der Waals surface area contributed by atoms with Crippen molar-refractivity contribution in [2.45, 2.75) is 45.6 Å². The van der Waals surface area contributed by atoms with Crippen LogP contribution in [0, 0.1) is 10.8 Å². The van der Waals surface area contributed by atoms with Gasteiger partial charge in [0.15, 0.2) is 10.8 Å². The van der Waals surface area contributed by atoms with Crippen LogP contribution in [0.4, 0.5) is 11.1 Å². The quantitative estimate of drug-likeness (QED) is 0.320. The van der Waals surface area contributed by atoms with Gasteiger partial charge in [-0.3, -0.25) is 14.9 Å². The van der Waals surface area contributed by atoms with E-state index in [-0.39, 0.29) is 22.4 Å². The number of thiazole rings is 1. The van der Waals surface area contributed by atoms with Gasteiger partial charge in [-0.25, -0.2) is 4.98 Å². The van der Waals surface area contributed by atoms with Crippen LogP contribution in [0.5, 0.6) is 0 Å². The summed E-state index contributed by atoms with van der Waals surface area (Å²) in [6, 6.07) is 8.58. The van der Waals surface area contributed by atoms with E-state index in [2.05, 4.69) is 69.3 Å². The fraction of sp³-hybridized carbons (Fsp3) is 0.407. The fourth-order valence-corrected chi connectivity index (χ4v) is 7.43. The molecule has 1 saturated heterocycles. The van der Waals surface area contributed by atoms with Gasteiger partial charge in [0.1, 0.15) is 5.39 Å². The predicted molar refractivity (Wildman–Crippen MR) is 147 cm³/mol. The van der Waals surface area contributed by atoms with Crippen LogP contribution in [0.3, 0.4) is 0 Å². The molecule has 6 N–H and O–H groups in total. The SMILES string of the molecule is CC1(C)C=C(c2[nH]nc3nc(N4CCC5(CC4)Cc4ccccc4C5N)[nH]c(=O)c23)c2sc(N)nc2C1. The van der Waals surface area contributed by atoms with Crippen molar-refractivity contribution >= 4 is 39.0 Å². The second-order valence-electron chi connectivity index (χ2n) is 11.4. The molecule has 0 radical (unpaired) electrons. The molecule has 0 saturated carbocycles. The van der Waals surface area contributed by atoms with E-state index < -0.39 is 0 Å². The molecule has 9 nitrogen and oxygen atoms in total. The number of H-pyrrole nitrogens is 2. The number of nitrogens with two attached hydrogens (primary N) is 2. The van der Waals surface area contributed by atoms with Crippen LogP contribution in [0.1, 0.15) is 60.1 Å². The minimum Gasteiger partial charge on any atom is -0.375 e. The van der Waals surface area contributed by atoms with E-state index in [0.717, 1.165) is 54.9 Å². The number of nitrogen functional groups attached to an aromatic ring is 1. The minimum atomic E-state index is -0.197. The van der Waals surface area contributed by atoms with Crippen molar-refractivity contribution in [1.29, 1.82) is 0 Å². The molecule has 1 atom stereocenters. The van der Waals surface area contributed by atoms with E-state index in [9.17, 15) is 4.79 Å². The molecule has 4 heterocycles. The number of piperidine rings is 1. The third-order valence-electron chi connectivity index (χ3n) is 8.45. The van der Waals surface area contributed by atoms with Crippen LogP contribution in [0.15, 0.2) is 35.1 Å². The first-order valence-corrected chi connectivity index (χ1v) is 13.6. The Balaban J connectivity index is 1.20. The molecule has 0 bridgehead atoms. The minimum absolute atomic E-state index is 0.0490. The number of hydrogen-bond donors (Lipinski definition) is 4. The zero-order valence-corrected chi connectivity index (χ0v) is 21.8. The van der Waals surface area contributed by atoms with Crippen LogP contribution >= 0.6 is 11.3 Å². The summed E-state index contributed by atoms with van der Waals surface area (Å²) < 4.78 is 0. The molecular weight excluding hydrogens is 484 g/mol. The maximum atomic E-state index is 13.4. The number of allylic oxidation sites excluding steroid dienone is 1. The number of rotatable bonds is 2. The molecule has 37 heavy (non-hydrogen) atoms. The predicted octanol–water partition coefficient (Wildman–Crippen LogP) is 3.54. The van der Waals surface area contributed by atoms with E-state index in [0.29, 0.717) is 27.8 Å². The largest absolute Gasteiger partial charge is 0.375 e. The van der Waals surface area contributed by atoms with Gasteiger partial charge in [-0.2, -0.15) is 10.1 Å². The van der Waals surface area contributed by atoms with Crippen molar-refractivity contribution < 1.29 is 0 Å². The molecule has 0 amide bonds. The summed E-state index contributed by atoms with van der Waals surface area (Å²) in [5.74, 6) is 0.565. The van der Waals surface area contributed by atoms with Crippen molar-refractivity contribution in [3.05, 3.63) is 68.1 Å². The second kappa shape index (κ2) is 7.75. The Hall–Kier alpha value is -3.50. The molecular formula is C27H30N8OS. The van der Waals surface area contributed by atoms with Crippen molar-refractivity contribution in [2.24, 2.45) is 16.6 Å². The first-order chi connectivity index (χ1) is 17.7. The molecule has 4 aromatic rings. The van der Waals surface area contributed by atoms with E-state index in [1.807, 2.05) is 0 Å². The van der Waals surface area contributed by atoms with Crippen LogP contribution < -0.4 is 21.9 Å². The van der Waals surface area contributed by atoms with Crippen LogP contribution in [0.2, 0.25) is 0 Å². The van der Waals surface area contributed by atoms with Crippen molar-refractivity contribution in [1.82, 2.24) is 25.1 Å². The number of hydrogen-bond acceptors (Lipinski definition) is 8. The van der Waals surface area contributed by atoms with Crippen LogP contribution in [0.25, 0.3) is 16.6 Å². The first-order valence-electron chi connectivity index (χ1n) is 12.8. The number of anilines is 2. The highest BCUT2D eigenvalue weighted by Gasteiger charge is 2.46. The molecule has 3 aromatic heterocycles. The average Bonchev–Trinajstić information content (AvgIpc) is 3.53. The highest BCUT2D eigenvalue weighted by molar-refractivity contribution is 7.16. The lowest BCUT2D eigenvalue weighted by Crippen LogP contribution is -2.45. The summed E-state index contributed by atoms with van der Waals surface area (Å²) >= 11 is 1.44. The Labute approximate surface area is 218 Å². The summed E-state index contributed by atoms with van der Waals surface area (Å²) in [7, 11) is 0. The van der Waals surface area contributed by atoms with Gasteiger partial charge in [-0.05, 0) is 47.6 Å². The molecule has 1 unspecified atom stereocenters. The van der Waals surface area contributed by atoms with Crippen molar-refractivity contribution in [3.8, 4) is 0 Å². The molecule has 3 aliphatic rings. The standard InChI is InChI=1S/C27H30N8OS/c1-26(2)12-16(20-17(13-26)30-24(29)37-20)19-18-22(34-33-19)31-25(32-23(18)36)35-9-7-27(8-10-35)11-14-5-3-4-6-15(14)21(27)28/h3-6,12,21H,7-11,13,28H2,1-2H3,(H2,29,30)(H2,31,32,33,34,36). The number of nitrogens with one attached hydrogen (secondary N) is 2. The van der Waals surface area contributed by atoms with Gasteiger partial charge in [0, 0.05) is 24.7 Å². The van der Waals surface area contributed by atoms with Crippen LogP contribution in [-0.2, 0) is 12.8 Å². The van der Waals surface area contributed by atoms with Gasteiger partial charge in [0.2, 0.25) is 5.95 Å². The van der Waals surface area contributed by atoms with Gasteiger partial charge in [-0.15, -0.1) is 0 Å². The van der Waals surface area contributed by atoms with Gasteiger partial charge in [-0.1, -0.05) is 55.5 Å². The highest BCUT2D eigenvalue weighted by Crippen LogP contribution is 2.51. The number of aromatic nitrogens is 5. The first kappa shape index (κ1) is 22.7. The summed E-state index contributed by atoms with van der Waals surface area (Å²) in [6.07, 6.45) is 5.90. The lowest BCUT2D eigenvalue weighted by molar-refractivity contribution is 0.187. The molecule has 1 spiro atoms. The van der Waals surface area contributed by atoms with Crippen molar-refractivity contribution in [2.75, 3.05) is 23.7 Å². The van der Waals surface area contributed by atoms with E-state index in [1.54, 1.807) is 0 Å². The number of fused-ring (bicyclic) bond motifs is 3. The average molecular weight is 515 g/mol. The van der Waals surface area contributed by atoms with E-state index in [1.165, 1.54) is 22.5 Å².